The molecule has 0 N–H and O–H groups in total. The van der Waals surface area contributed by atoms with E-state index in [0.717, 1.165) is 22.9 Å². The molecule has 0 aliphatic heterocycles. The van der Waals surface area contributed by atoms with Crippen LogP contribution >= 0.6 is 11.6 Å². The molecule has 4 rings (SSSR count). The number of hydrogen-bond acceptors (Lipinski definition) is 4. The third-order valence-electron chi connectivity index (χ3n) is 3.57. The Balaban J connectivity index is 1.59. The molecule has 0 fully saturated rings. The molecule has 0 spiro atoms. The first kappa shape index (κ1) is 14.6. The van der Waals surface area contributed by atoms with Gasteiger partial charge in [-0.1, -0.05) is 22.9 Å². The van der Waals surface area contributed by atoms with Gasteiger partial charge in [-0.2, -0.15) is 0 Å². The zero-order valence-corrected chi connectivity index (χ0v) is 13.4. The van der Waals surface area contributed by atoms with Gasteiger partial charge in [-0.15, -0.1) is 5.10 Å². The molecule has 0 aliphatic carbocycles. The molecule has 3 heterocycles. The first-order valence-corrected chi connectivity index (χ1v) is 7.77. The molecular formula is C17H13ClN6. The highest BCUT2D eigenvalue weighted by Crippen LogP contribution is 2.16. The summed E-state index contributed by atoms with van der Waals surface area (Å²) < 4.78 is 3.72. The first-order valence-electron chi connectivity index (χ1n) is 7.39. The van der Waals surface area contributed by atoms with Crippen molar-refractivity contribution in [1.82, 2.24) is 29.5 Å². The SMILES string of the molecule is Clc1ccc(-n2cc(Cn3ccnc3-c3ccccn3)nn2)cc1. The summed E-state index contributed by atoms with van der Waals surface area (Å²) in [4.78, 5) is 8.74. The van der Waals surface area contributed by atoms with Crippen LogP contribution < -0.4 is 0 Å². The van der Waals surface area contributed by atoms with Crippen molar-refractivity contribution >= 4 is 11.6 Å². The normalized spacial score (nSPS) is 10.9. The average Bonchev–Trinajstić information content (AvgIpc) is 3.26. The molecule has 0 saturated heterocycles. The largest absolute Gasteiger partial charge is 0.324 e. The zero-order chi connectivity index (χ0) is 16.4. The molecule has 0 radical (unpaired) electrons. The van der Waals surface area contributed by atoms with E-state index in [1.165, 1.54) is 0 Å². The van der Waals surface area contributed by atoms with Crippen LogP contribution in [0.5, 0.6) is 0 Å². The fourth-order valence-corrected chi connectivity index (χ4v) is 2.56. The van der Waals surface area contributed by atoms with Crippen molar-refractivity contribution in [3.05, 3.63) is 78.0 Å². The minimum Gasteiger partial charge on any atom is -0.324 e. The summed E-state index contributed by atoms with van der Waals surface area (Å²) >= 11 is 5.91. The number of halogens is 1. The van der Waals surface area contributed by atoms with Crippen LogP contribution in [-0.4, -0.2) is 29.5 Å². The number of aromatic nitrogens is 6. The number of hydrogen-bond donors (Lipinski definition) is 0. The minimum atomic E-state index is 0.569. The third kappa shape index (κ3) is 2.91. The molecule has 0 aliphatic rings. The Morgan fingerprint density at radius 3 is 2.62 bits per heavy atom. The molecule has 24 heavy (non-hydrogen) atoms. The average molecular weight is 337 g/mol. The van der Waals surface area contributed by atoms with Crippen molar-refractivity contribution in [3.63, 3.8) is 0 Å². The summed E-state index contributed by atoms with van der Waals surface area (Å²) in [5.41, 5.74) is 2.57. The van der Waals surface area contributed by atoms with Crippen molar-refractivity contribution in [2.75, 3.05) is 0 Å². The molecule has 118 valence electrons. The fourth-order valence-electron chi connectivity index (χ4n) is 2.43. The summed E-state index contributed by atoms with van der Waals surface area (Å²) in [5, 5.41) is 9.10. The predicted octanol–water partition coefficient (Wildman–Crippen LogP) is 3.23. The molecule has 4 aromatic rings. The van der Waals surface area contributed by atoms with Gasteiger partial charge < -0.3 is 4.57 Å². The van der Waals surface area contributed by atoms with Crippen molar-refractivity contribution in [2.45, 2.75) is 6.54 Å². The predicted molar refractivity (Wildman–Crippen MR) is 90.9 cm³/mol. The summed E-state index contributed by atoms with van der Waals surface area (Å²) in [6.07, 6.45) is 7.32. The van der Waals surface area contributed by atoms with Gasteiger partial charge in [0.2, 0.25) is 0 Å². The Morgan fingerprint density at radius 2 is 1.83 bits per heavy atom. The Morgan fingerprint density at radius 1 is 0.958 bits per heavy atom. The Bertz CT molecular complexity index is 943. The van der Waals surface area contributed by atoms with E-state index in [2.05, 4.69) is 20.3 Å². The first-order chi connectivity index (χ1) is 11.8. The van der Waals surface area contributed by atoms with E-state index >= 15 is 0 Å². The maximum atomic E-state index is 5.91. The van der Waals surface area contributed by atoms with E-state index in [-0.39, 0.29) is 0 Å². The van der Waals surface area contributed by atoms with E-state index in [1.54, 1.807) is 17.1 Å². The number of imidazole rings is 1. The smallest absolute Gasteiger partial charge is 0.158 e. The van der Waals surface area contributed by atoms with E-state index in [4.69, 9.17) is 11.6 Å². The van der Waals surface area contributed by atoms with Crippen LogP contribution in [0.25, 0.3) is 17.2 Å². The highest BCUT2D eigenvalue weighted by atomic mass is 35.5. The van der Waals surface area contributed by atoms with E-state index in [0.29, 0.717) is 11.6 Å². The topological polar surface area (TPSA) is 61.4 Å². The fraction of sp³-hybridized carbons (Fsp3) is 0.0588. The molecule has 0 unspecified atom stereocenters. The van der Waals surface area contributed by atoms with Gasteiger partial charge in [-0.25, -0.2) is 9.67 Å². The molecule has 1 aromatic carbocycles. The van der Waals surface area contributed by atoms with Crippen molar-refractivity contribution in [1.29, 1.82) is 0 Å². The highest BCUT2D eigenvalue weighted by molar-refractivity contribution is 6.30. The van der Waals surface area contributed by atoms with E-state index in [9.17, 15) is 0 Å². The van der Waals surface area contributed by atoms with Gasteiger partial charge in [0.25, 0.3) is 0 Å². The lowest BCUT2D eigenvalue weighted by molar-refractivity contribution is 0.760. The standard InChI is InChI=1S/C17H13ClN6/c18-13-4-6-15(7-5-13)24-12-14(21-22-24)11-23-10-9-20-17(23)16-3-1-2-8-19-16/h1-10,12H,11H2. The summed E-state index contributed by atoms with van der Waals surface area (Å²) in [6.45, 7) is 0.569. The molecule has 0 atom stereocenters. The lowest BCUT2D eigenvalue weighted by Gasteiger charge is -2.04. The molecule has 6 nitrogen and oxygen atoms in total. The lowest BCUT2D eigenvalue weighted by Crippen LogP contribution is -2.02. The summed E-state index contributed by atoms with van der Waals surface area (Å²) in [7, 11) is 0. The van der Waals surface area contributed by atoms with Crippen LogP contribution in [0.4, 0.5) is 0 Å². The maximum absolute atomic E-state index is 5.91. The second-order valence-corrected chi connectivity index (χ2v) is 5.66. The van der Waals surface area contributed by atoms with Crippen LogP contribution in [0.2, 0.25) is 5.02 Å². The monoisotopic (exact) mass is 336 g/mol. The van der Waals surface area contributed by atoms with Gasteiger partial charge >= 0.3 is 0 Å². The molecule has 0 bridgehead atoms. The van der Waals surface area contributed by atoms with Crippen LogP contribution in [-0.2, 0) is 6.54 Å². The molecule has 0 amide bonds. The third-order valence-corrected chi connectivity index (χ3v) is 3.83. The minimum absolute atomic E-state index is 0.569. The van der Waals surface area contributed by atoms with Crippen molar-refractivity contribution in [3.8, 4) is 17.2 Å². The van der Waals surface area contributed by atoms with Gasteiger partial charge in [-0.05, 0) is 36.4 Å². The Labute approximate surface area is 143 Å². The number of pyridine rings is 1. The molecule has 3 aromatic heterocycles. The highest BCUT2D eigenvalue weighted by Gasteiger charge is 2.09. The molecule has 7 heteroatoms. The number of rotatable bonds is 4. The second kappa shape index (κ2) is 6.25. The Kier molecular flexibility index (Phi) is 3.80. The molecular weight excluding hydrogens is 324 g/mol. The van der Waals surface area contributed by atoms with Gasteiger partial charge in [0.1, 0.15) is 11.4 Å². The van der Waals surface area contributed by atoms with E-state index < -0.39 is 0 Å². The quantitative estimate of drug-likeness (QED) is 0.574. The number of nitrogens with zero attached hydrogens (tertiary/aromatic N) is 6. The molecule has 0 saturated carbocycles. The van der Waals surface area contributed by atoms with Crippen LogP contribution in [0, 0.1) is 0 Å². The van der Waals surface area contributed by atoms with Gasteiger partial charge in [0.15, 0.2) is 5.82 Å². The lowest BCUT2D eigenvalue weighted by atomic mass is 10.3. The van der Waals surface area contributed by atoms with E-state index in [1.807, 2.05) is 59.4 Å². The van der Waals surface area contributed by atoms with Crippen LogP contribution in [0.1, 0.15) is 5.69 Å². The zero-order valence-electron chi connectivity index (χ0n) is 12.6. The van der Waals surface area contributed by atoms with Crippen molar-refractivity contribution < 1.29 is 0 Å². The summed E-state index contributed by atoms with van der Waals surface area (Å²) in [6, 6.07) is 13.2. The Hall–Kier alpha value is -2.99. The number of benzene rings is 1. The van der Waals surface area contributed by atoms with Gasteiger partial charge in [0.05, 0.1) is 18.4 Å². The van der Waals surface area contributed by atoms with Gasteiger partial charge in [0, 0.05) is 23.6 Å². The van der Waals surface area contributed by atoms with Crippen LogP contribution in [0.3, 0.4) is 0 Å². The van der Waals surface area contributed by atoms with Crippen LogP contribution in [0.15, 0.2) is 67.3 Å². The summed E-state index contributed by atoms with van der Waals surface area (Å²) in [5.74, 6) is 0.802. The van der Waals surface area contributed by atoms with Gasteiger partial charge in [-0.3, -0.25) is 4.98 Å². The van der Waals surface area contributed by atoms with Crippen molar-refractivity contribution in [2.24, 2.45) is 0 Å². The second-order valence-electron chi connectivity index (χ2n) is 5.22. The maximum Gasteiger partial charge on any atom is 0.158 e.